The molecule has 1 saturated heterocycles. The largest absolute Gasteiger partial charge is 0.422 e. The Labute approximate surface area is 179 Å². The van der Waals surface area contributed by atoms with Crippen molar-refractivity contribution in [3.05, 3.63) is 58.5 Å². The second-order valence-electron chi connectivity index (χ2n) is 8.50. The van der Waals surface area contributed by atoms with Crippen LogP contribution in [0.15, 0.2) is 45.9 Å². The van der Waals surface area contributed by atoms with Crippen molar-refractivity contribution in [2.75, 3.05) is 32.1 Å². The van der Waals surface area contributed by atoms with Gasteiger partial charge in [0.05, 0.1) is 34.8 Å². The molecule has 0 radical (unpaired) electrons. The van der Waals surface area contributed by atoms with Gasteiger partial charge in [-0.2, -0.15) is 0 Å². The van der Waals surface area contributed by atoms with E-state index < -0.39 is 11.7 Å². The smallest absolute Gasteiger partial charge is 0.345 e. The molecule has 0 unspecified atom stereocenters. The number of aryl methyl sites for hydroxylation is 2. The fourth-order valence-electron chi connectivity index (χ4n) is 4.40. The molecule has 3 aromatic heterocycles. The number of anilines is 1. The molecule has 8 nitrogen and oxygen atoms in total. The third-order valence-electron chi connectivity index (χ3n) is 6.01. The average Bonchev–Trinajstić information content (AvgIpc) is 3.31. The topological polar surface area (TPSA) is 87.1 Å². The minimum Gasteiger partial charge on any atom is -0.422 e. The Morgan fingerprint density at radius 2 is 1.94 bits per heavy atom. The van der Waals surface area contributed by atoms with Crippen LogP contribution in [-0.2, 0) is 0 Å². The van der Waals surface area contributed by atoms with Gasteiger partial charge in [0.2, 0.25) is 0 Å². The molecule has 1 aliphatic rings. The lowest BCUT2D eigenvalue weighted by atomic mass is 10.1. The van der Waals surface area contributed by atoms with Crippen LogP contribution in [0.1, 0.15) is 11.4 Å². The Morgan fingerprint density at radius 3 is 2.68 bits per heavy atom. The van der Waals surface area contributed by atoms with Gasteiger partial charge in [-0.05, 0) is 46.1 Å². The van der Waals surface area contributed by atoms with Gasteiger partial charge in [0.25, 0.3) is 0 Å². The molecule has 0 saturated carbocycles. The number of benzene rings is 1. The van der Waals surface area contributed by atoms with Crippen molar-refractivity contribution >= 4 is 22.3 Å². The second kappa shape index (κ2) is 7.18. The number of β-amino-alcohol motifs (C(OH)–C–C–N with tert-alkyl or cyclic N) is 1. The van der Waals surface area contributed by atoms with E-state index in [1.165, 1.54) is 0 Å². The van der Waals surface area contributed by atoms with Crippen LogP contribution in [0, 0.1) is 13.8 Å². The van der Waals surface area contributed by atoms with Gasteiger partial charge < -0.3 is 23.7 Å². The van der Waals surface area contributed by atoms with Gasteiger partial charge >= 0.3 is 5.63 Å². The molecule has 0 bridgehead atoms. The van der Waals surface area contributed by atoms with E-state index in [1.54, 1.807) is 0 Å². The minimum absolute atomic E-state index is 0.0710. The first-order valence-electron chi connectivity index (χ1n) is 10.3. The van der Waals surface area contributed by atoms with Crippen LogP contribution in [0.2, 0.25) is 0 Å². The summed E-state index contributed by atoms with van der Waals surface area (Å²) >= 11 is 0. The number of likely N-dealkylation sites (N-methyl/N-ethyl adjacent to an activating group) is 1. The first kappa shape index (κ1) is 19.7. The van der Waals surface area contributed by atoms with Crippen LogP contribution < -0.4 is 10.5 Å². The lowest BCUT2D eigenvalue weighted by Crippen LogP contribution is -2.37. The molecule has 1 fully saturated rings. The number of aliphatic hydroxyl groups excluding tert-OH is 1. The van der Waals surface area contributed by atoms with Crippen LogP contribution in [0.5, 0.6) is 0 Å². The molecule has 0 spiro atoms. The van der Waals surface area contributed by atoms with E-state index in [4.69, 9.17) is 4.42 Å². The van der Waals surface area contributed by atoms with Crippen LogP contribution in [0.25, 0.3) is 27.9 Å². The number of hydrogen-bond donors (Lipinski definition) is 1. The third kappa shape index (κ3) is 3.37. The molecule has 4 heterocycles. The molecule has 2 atom stereocenters. The Bertz CT molecular complexity index is 1360. The van der Waals surface area contributed by atoms with Crippen molar-refractivity contribution in [1.29, 1.82) is 0 Å². The first-order valence-corrected chi connectivity index (χ1v) is 10.3. The average molecular weight is 419 g/mol. The summed E-state index contributed by atoms with van der Waals surface area (Å²) in [6, 6.07) is 7.70. The van der Waals surface area contributed by atoms with Crippen molar-refractivity contribution in [3.8, 4) is 11.3 Å². The van der Waals surface area contributed by atoms with Crippen LogP contribution in [0.4, 0.5) is 5.69 Å². The van der Waals surface area contributed by atoms with E-state index in [0.717, 1.165) is 34.7 Å². The zero-order valence-corrected chi connectivity index (χ0v) is 18.0. The highest BCUT2D eigenvalue weighted by molar-refractivity contribution is 5.84. The predicted molar refractivity (Wildman–Crippen MR) is 120 cm³/mol. The summed E-state index contributed by atoms with van der Waals surface area (Å²) in [6.07, 6.45) is 3.30. The van der Waals surface area contributed by atoms with Gasteiger partial charge in [-0.15, -0.1) is 0 Å². The normalized spacial score (nSPS) is 19.2. The highest BCUT2D eigenvalue weighted by Crippen LogP contribution is 2.28. The van der Waals surface area contributed by atoms with Crippen molar-refractivity contribution in [2.45, 2.75) is 26.0 Å². The molecule has 160 valence electrons. The maximum absolute atomic E-state index is 12.8. The van der Waals surface area contributed by atoms with Crippen LogP contribution in [0.3, 0.4) is 0 Å². The van der Waals surface area contributed by atoms with Gasteiger partial charge in [0.1, 0.15) is 5.58 Å². The number of rotatable bonds is 3. The highest BCUT2D eigenvalue weighted by Gasteiger charge is 2.33. The Kier molecular flexibility index (Phi) is 4.56. The van der Waals surface area contributed by atoms with Crippen molar-refractivity contribution in [1.82, 2.24) is 19.3 Å². The molecule has 5 rings (SSSR count). The number of aliphatic hydroxyl groups is 1. The van der Waals surface area contributed by atoms with Gasteiger partial charge in [-0.1, -0.05) is 0 Å². The molecule has 4 aromatic rings. The van der Waals surface area contributed by atoms with Crippen LogP contribution >= 0.6 is 0 Å². The molecule has 0 aliphatic carbocycles. The third-order valence-corrected chi connectivity index (χ3v) is 6.01. The first-order chi connectivity index (χ1) is 14.8. The number of aromatic nitrogens is 3. The molecule has 8 heteroatoms. The monoisotopic (exact) mass is 419 g/mol. The molecule has 1 aromatic carbocycles. The van der Waals surface area contributed by atoms with Crippen LogP contribution in [-0.4, -0.2) is 63.7 Å². The SMILES string of the molecule is Cc1cn2cc(-c3cc4ccc(N5C[C@H](O)[C@@H](N(C)C)C5)cc4oc3=O)nc2c(C)n1. The van der Waals surface area contributed by atoms with Crippen molar-refractivity contribution in [3.63, 3.8) is 0 Å². The Balaban J connectivity index is 1.53. The number of imidazole rings is 1. The molecule has 1 N–H and O–H groups in total. The zero-order valence-electron chi connectivity index (χ0n) is 18.0. The fourth-order valence-corrected chi connectivity index (χ4v) is 4.40. The summed E-state index contributed by atoms with van der Waals surface area (Å²) in [7, 11) is 3.94. The lowest BCUT2D eigenvalue weighted by molar-refractivity contribution is 0.114. The highest BCUT2D eigenvalue weighted by atomic mass is 16.4. The Hall–Kier alpha value is -3.23. The number of fused-ring (bicyclic) bond motifs is 2. The number of nitrogens with zero attached hydrogens (tertiary/aromatic N) is 5. The summed E-state index contributed by atoms with van der Waals surface area (Å²) in [4.78, 5) is 26.0. The summed E-state index contributed by atoms with van der Waals surface area (Å²) in [6.45, 7) is 5.09. The molecule has 31 heavy (non-hydrogen) atoms. The van der Waals surface area contributed by atoms with Gasteiger partial charge in [-0.25, -0.2) is 9.78 Å². The van der Waals surface area contributed by atoms with Gasteiger partial charge in [0.15, 0.2) is 5.65 Å². The fraction of sp³-hybridized carbons (Fsp3) is 0.348. The van der Waals surface area contributed by atoms with E-state index in [-0.39, 0.29) is 6.04 Å². The maximum Gasteiger partial charge on any atom is 0.345 e. The van der Waals surface area contributed by atoms with Gasteiger partial charge in [0, 0.05) is 42.6 Å². The van der Waals surface area contributed by atoms with Crippen molar-refractivity contribution < 1.29 is 9.52 Å². The predicted octanol–water partition coefficient (Wildman–Crippen LogP) is 2.23. The van der Waals surface area contributed by atoms with Gasteiger partial charge in [-0.3, -0.25) is 4.98 Å². The lowest BCUT2D eigenvalue weighted by Gasteiger charge is -2.22. The minimum atomic E-state index is -0.428. The zero-order chi connectivity index (χ0) is 21.9. The maximum atomic E-state index is 12.8. The molecule has 0 amide bonds. The number of hydrogen-bond acceptors (Lipinski definition) is 7. The summed E-state index contributed by atoms with van der Waals surface area (Å²) < 4.78 is 7.57. The molecular formula is C23H25N5O3. The van der Waals surface area contributed by atoms with E-state index in [0.29, 0.717) is 23.4 Å². The van der Waals surface area contributed by atoms with E-state index in [2.05, 4.69) is 14.9 Å². The molecule has 1 aliphatic heterocycles. The Morgan fingerprint density at radius 1 is 1.13 bits per heavy atom. The quantitative estimate of drug-likeness (QED) is 0.510. The molecular weight excluding hydrogens is 394 g/mol. The summed E-state index contributed by atoms with van der Waals surface area (Å²) in [5.74, 6) is 0. The summed E-state index contributed by atoms with van der Waals surface area (Å²) in [5.41, 5.74) is 4.42. The second-order valence-corrected chi connectivity index (χ2v) is 8.50. The summed E-state index contributed by atoms with van der Waals surface area (Å²) in [5, 5.41) is 11.2. The van der Waals surface area contributed by atoms with E-state index in [9.17, 15) is 9.90 Å². The standard InChI is InChI=1S/C23H25N5O3/c1-13-9-28-10-18(25-22(28)14(2)24-13)17-7-15-5-6-16(8-21(15)31-23(17)30)27-11-19(26(3)4)20(29)12-27/h5-10,19-20,29H,11-12H2,1-4H3/t19-,20-/m0/s1. The van der Waals surface area contributed by atoms with Crippen molar-refractivity contribution in [2.24, 2.45) is 0 Å². The van der Waals surface area contributed by atoms with E-state index in [1.807, 2.05) is 73.9 Å². The van der Waals surface area contributed by atoms with E-state index >= 15 is 0 Å².